The molecule has 1 unspecified atom stereocenters. The van der Waals surface area contributed by atoms with Gasteiger partial charge in [0.15, 0.2) is 5.69 Å². The minimum Gasteiger partial charge on any atom is -0.480 e. The van der Waals surface area contributed by atoms with Crippen molar-refractivity contribution in [2.24, 2.45) is 14.1 Å². The number of rotatable bonds is 9. The number of imidazole rings is 2. The fourth-order valence-corrected chi connectivity index (χ4v) is 9.51. The van der Waals surface area contributed by atoms with E-state index in [1.54, 1.807) is 49.3 Å². The highest BCUT2D eigenvalue weighted by molar-refractivity contribution is 6.31. The molecule has 17 nitrogen and oxygen atoms in total. The van der Waals surface area contributed by atoms with Crippen LogP contribution in [0.2, 0.25) is 10.0 Å². The van der Waals surface area contributed by atoms with E-state index in [1.807, 2.05) is 36.6 Å². The number of nitrogens with one attached hydrogen (secondary N) is 1. The van der Waals surface area contributed by atoms with Crippen LogP contribution in [0.4, 0.5) is 5.69 Å². The Bertz CT molecular complexity index is 3040. The number of ether oxygens (including phenoxy) is 1. The standard InChI is InChI=1S/C45H44Cl2N10O7/c1-24(2)55-38-36(44(62)57(34-20-29(47)23-51(3)43(34)61)37(38)26-7-9-28(46)10-8-26)50-39(55)30-19-27(21-48-41(30)64-5)42(60)54-16-14-53(15-17-54)22-25-6-11-31-33(18-25)52(4)45(63)56(31)32-12-13-35(58)49-40(32)59/h6-11,18-21,23-24,32,37H,12-17,22H2,1-5H3,(H,49,58,59)/t32?,37-/m0/s1. The minimum absolute atomic E-state index is 0.0940. The van der Waals surface area contributed by atoms with Crippen LogP contribution >= 0.6 is 23.2 Å². The summed E-state index contributed by atoms with van der Waals surface area (Å²) in [4.78, 5) is 95.0. The van der Waals surface area contributed by atoms with E-state index in [4.69, 9.17) is 32.9 Å². The number of anilines is 1. The number of methoxy groups -OCH3 is 1. The van der Waals surface area contributed by atoms with Gasteiger partial charge >= 0.3 is 5.69 Å². The Morgan fingerprint density at radius 3 is 2.34 bits per heavy atom. The summed E-state index contributed by atoms with van der Waals surface area (Å²) < 4.78 is 12.0. The molecule has 0 radical (unpaired) electrons. The third kappa shape index (κ3) is 7.26. The van der Waals surface area contributed by atoms with Crippen molar-refractivity contribution < 1.29 is 23.9 Å². The monoisotopic (exact) mass is 906 g/mol. The van der Waals surface area contributed by atoms with E-state index in [9.17, 15) is 28.8 Å². The number of carbonyl (C=O) groups is 4. The topological polar surface area (TPSA) is 179 Å². The predicted octanol–water partition coefficient (Wildman–Crippen LogP) is 4.88. The summed E-state index contributed by atoms with van der Waals surface area (Å²) in [6, 6.07) is 14.1. The van der Waals surface area contributed by atoms with Gasteiger partial charge in [0.25, 0.3) is 17.4 Å². The maximum atomic E-state index is 14.6. The predicted molar refractivity (Wildman–Crippen MR) is 239 cm³/mol. The summed E-state index contributed by atoms with van der Waals surface area (Å²) in [7, 11) is 4.72. The zero-order valence-electron chi connectivity index (χ0n) is 35.7. The summed E-state index contributed by atoms with van der Waals surface area (Å²) in [5, 5.41) is 3.13. The van der Waals surface area contributed by atoms with E-state index < -0.39 is 29.5 Å². The van der Waals surface area contributed by atoms with Gasteiger partial charge in [0.05, 0.1) is 40.0 Å². The first-order valence-corrected chi connectivity index (χ1v) is 21.6. The van der Waals surface area contributed by atoms with Crippen molar-refractivity contribution in [1.82, 2.24) is 43.4 Å². The third-order valence-electron chi connectivity index (χ3n) is 12.3. The molecule has 7 heterocycles. The number of aryl methyl sites for hydroxylation is 2. The molecular weight excluding hydrogens is 863 g/mol. The van der Waals surface area contributed by atoms with E-state index in [0.29, 0.717) is 77.0 Å². The largest absolute Gasteiger partial charge is 0.480 e. The van der Waals surface area contributed by atoms with Gasteiger partial charge in [0, 0.05) is 76.7 Å². The van der Waals surface area contributed by atoms with Crippen LogP contribution in [0.5, 0.6) is 5.88 Å². The highest BCUT2D eigenvalue weighted by Crippen LogP contribution is 2.45. The molecule has 3 aliphatic rings. The van der Waals surface area contributed by atoms with E-state index in [0.717, 1.165) is 5.56 Å². The molecule has 2 atom stereocenters. The van der Waals surface area contributed by atoms with E-state index >= 15 is 0 Å². The lowest BCUT2D eigenvalue weighted by molar-refractivity contribution is -0.135. The first-order valence-electron chi connectivity index (χ1n) is 20.8. The van der Waals surface area contributed by atoms with Crippen LogP contribution in [-0.2, 0) is 30.2 Å². The highest BCUT2D eigenvalue weighted by Gasteiger charge is 2.46. The maximum absolute atomic E-state index is 14.6. The lowest BCUT2D eigenvalue weighted by Crippen LogP contribution is -2.48. The smallest absolute Gasteiger partial charge is 0.329 e. The van der Waals surface area contributed by atoms with Crippen molar-refractivity contribution in [2.75, 3.05) is 38.2 Å². The molecule has 2 saturated heterocycles. The molecule has 1 N–H and O–H groups in total. The highest BCUT2D eigenvalue weighted by atomic mass is 35.5. The lowest BCUT2D eigenvalue weighted by atomic mass is 10.0. The molecule has 0 aliphatic carbocycles. The Kier molecular flexibility index (Phi) is 11.0. The van der Waals surface area contributed by atoms with Crippen molar-refractivity contribution in [1.29, 1.82) is 0 Å². The number of halogens is 2. The fraction of sp³-hybridized carbons (Fsp3) is 0.333. The number of carbonyl (C=O) groups excluding carboxylic acids is 4. The number of piperazine rings is 1. The molecule has 2 fully saturated rings. The molecule has 3 aliphatic heterocycles. The Morgan fingerprint density at radius 2 is 1.66 bits per heavy atom. The van der Waals surface area contributed by atoms with Gasteiger partial charge in [-0.3, -0.25) is 48.2 Å². The van der Waals surface area contributed by atoms with Gasteiger partial charge in [-0.1, -0.05) is 41.4 Å². The fourth-order valence-electron chi connectivity index (χ4n) is 9.14. The van der Waals surface area contributed by atoms with E-state index in [2.05, 4.69) is 15.2 Å². The normalized spacial score (nSPS) is 18.0. The van der Waals surface area contributed by atoms with Crippen molar-refractivity contribution in [3.8, 4) is 17.3 Å². The van der Waals surface area contributed by atoms with Crippen molar-refractivity contribution in [3.05, 3.63) is 126 Å². The number of piperidine rings is 1. The number of hydrogen-bond acceptors (Lipinski definition) is 10. The zero-order valence-corrected chi connectivity index (χ0v) is 37.2. The zero-order chi connectivity index (χ0) is 45.3. The molecule has 4 amide bonds. The van der Waals surface area contributed by atoms with Crippen LogP contribution in [0.1, 0.15) is 82.5 Å². The summed E-state index contributed by atoms with van der Waals surface area (Å²) in [6.07, 6.45) is 3.38. The van der Waals surface area contributed by atoms with Gasteiger partial charge in [-0.15, -0.1) is 0 Å². The summed E-state index contributed by atoms with van der Waals surface area (Å²) in [6.45, 7) is 6.55. The summed E-state index contributed by atoms with van der Waals surface area (Å²) in [5.74, 6) is -0.964. The lowest BCUT2D eigenvalue weighted by Gasteiger charge is -2.34. The van der Waals surface area contributed by atoms with Gasteiger partial charge in [0.1, 0.15) is 23.6 Å². The molecule has 19 heteroatoms. The van der Waals surface area contributed by atoms with Gasteiger partial charge in [-0.2, -0.15) is 0 Å². The quantitative estimate of drug-likeness (QED) is 0.197. The first kappa shape index (κ1) is 42.7. The van der Waals surface area contributed by atoms with Gasteiger partial charge in [0.2, 0.25) is 17.7 Å². The van der Waals surface area contributed by atoms with Crippen LogP contribution in [-0.4, -0.2) is 95.0 Å². The molecule has 0 saturated carbocycles. The Hall–Kier alpha value is -6.56. The first-order chi connectivity index (χ1) is 30.6. The van der Waals surface area contributed by atoms with E-state index in [1.165, 1.54) is 44.2 Å². The molecule has 6 aromatic rings. The minimum atomic E-state index is -0.789. The van der Waals surface area contributed by atoms with Crippen LogP contribution < -0.4 is 26.2 Å². The number of nitrogens with zero attached hydrogens (tertiary/aromatic N) is 9. The average Bonchev–Trinajstić information content (AvgIpc) is 3.88. The molecule has 4 aromatic heterocycles. The number of aromatic nitrogens is 6. The summed E-state index contributed by atoms with van der Waals surface area (Å²) >= 11 is 12.8. The van der Waals surface area contributed by atoms with Crippen LogP contribution in [0.15, 0.2) is 76.6 Å². The van der Waals surface area contributed by atoms with E-state index in [-0.39, 0.29) is 58.7 Å². The SMILES string of the molecule is COc1ncc(C(=O)N2CCN(Cc3ccc4c(c3)n(C)c(=O)n4C3CCC(=O)NC3=O)CC2)cc1-c1nc2c(n1C(C)C)[C@H](c1ccc(Cl)cc1)N(c1cc(Cl)cn(C)c1=O)C2=O. The van der Waals surface area contributed by atoms with Gasteiger partial charge in [-0.05, 0) is 67.8 Å². The number of benzene rings is 2. The molecule has 2 aromatic carbocycles. The van der Waals surface area contributed by atoms with Crippen molar-refractivity contribution >= 4 is 63.6 Å². The number of hydrogen-bond donors (Lipinski definition) is 1. The number of imide groups is 1. The molecule has 0 spiro atoms. The Balaban J connectivity index is 0.980. The van der Waals surface area contributed by atoms with Gasteiger partial charge in [-0.25, -0.2) is 14.8 Å². The second-order valence-electron chi connectivity index (χ2n) is 16.6. The number of fused-ring (bicyclic) bond motifs is 2. The average molecular weight is 908 g/mol. The molecule has 9 rings (SSSR count). The van der Waals surface area contributed by atoms with Gasteiger partial charge < -0.3 is 18.8 Å². The second-order valence-corrected chi connectivity index (χ2v) is 17.4. The number of pyridine rings is 2. The molecular formula is C45H44Cl2N10O7. The van der Waals surface area contributed by atoms with Crippen molar-refractivity contribution in [2.45, 2.75) is 51.4 Å². The third-order valence-corrected chi connectivity index (χ3v) is 12.7. The summed E-state index contributed by atoms with van der Waals surface area (Å²) in [5.41, 5.74) is 3.72. The van der Waals surface area contributed by atoms with Crippen LogP contribution in [0.25, 0.3) is 22.4 Å². The maximum Gasteiger partial charge on any atom is 0.329 e. The van der Waals surface area contributed by atoms with Crippen LogP contribution in [0, 0.1) is 0 Å². The molecule has 64 heavy (non-hydrogen) atoms. The molecule has 330 valence electrons. The van der Waals surface area contributed by atoms with Crippen molar-refractivity contribution in [3.63, 3.8) is 0 Å². The number of amides is 4. The van der Waals surface area contributed by atoms with Crippen LogP contribution in [0.3, 0.4) is 0 Å². The second kappa shape index (κ2) is 16.5. The Labute approximate surface area is 376 Å². The Morgan fingerprint density at radius 1 is 0.922 bits per heavy atom. The molecule has 0 bridgehead atoms.